The van der Waals surface area contributed by atoms with E-state index in [-0.39, 0.29) is 6.10 Å². The maximum Gasteiger partial charge on any atom is 0.0680 e. The van der Waals surface area contributed by atoms with Crippen molar-refractivity contribution in [3.63, 3.8) is 0 Å². The Hall–Kier alpha value is -0.160. The SMILES string of the molecule is CN(C)CCN(C)CC1CC(O)CN1. The fraction of sp³-hybridized carbons (Fsp3) is 1.00. The van der Waals surface area contributed by atoms with E-state index in [4.69, 9.17) is 0 Å². The zero-order chi connectivity index (χ0) is 10.6. The normalized spacial score (nSPS) is 27.9. The summed E-state index contributed by atoms with van der Waals surface area (Å²) in [6.45, 7) is 3.96. The quantitative estimate of drug-likeness (QED) is 0.611. The van der Waals surface area contributed by atoms with Crippen LogP contribution in [-0.2, 0) is 0 Å². The van der Waals surface area contributed by atoms with Crippen LogP contribution in [0.5, 0.6) is 0 Å². The molecule has 4 nitrogen and oxygen atoms in total. The van der Waals surface area contributed by atoms with E-state index in [0.29, 0.717) is 6.04 Å². The summed E-state index contributed by atoms with van der Waals surface area (Å²) in [4.78, 5) is 4.50. The van der Waals surface area contributed by atoms with Crippen LogP contribution in [0.15, 0.2) is 0 Å². The van der Waals surface area contributed by atoms with Gasteiger partial charge in [-0.25, -0.2) is 0 Å². The summed E-state index contributed by atoms with van der Waals surface area (Å²) in [5, 5.41) is 12.7. The predicted molar refractivity (Wildman–Crippen MR) is 58.5 cm³/mol. The van der Waals surface area contributed by atoms with Crippen LogP contribution in [0.1, 0.15) is 6.42 Å². The van der Waals surface area contributed by atoms with Crippen LogP contribution in [0, 0.1) is 0 Å². The monoisotopic (exact) mass is 201 g/mol. The van der Waals surface area contributed by atoms with E-state index < -0.39 is 0 Å². The van der Waals surface area contributed by atoms with Crippen molar-refractivity contribution in [3.05, 3.63) is 0 Å². The topological polar surface area (TPSA) is 38.7 Å². The average molecular weight is 201 g/mol. The fourth-order valence-corrected chi connectivity index (χ4v) is 1.78. The van der Waals surface area contributed by atoms with Gasteiger partial charge in [-0.05, 0) is 27.6 Å². The Labute approximate surface area is 86.9 Å². The molecule has 1 aliphatic heterocycles. The molecule has 4 heteroatoms. The molecule has 84 valence electrons. The minimum absolute atomic E-state index is 0.137. The van der Waals surface area contributed by atoms with Gasteiger partial charge in [0.1, 0.15) is 0 Å². The van der Waals surface area contributed by atoms with Gasteiger partial charge in [0.05, 0.1) is 6.10 Å². The summed E-state index contributed by atoms with van der Waals surface area (Å²) in [6, 6.07) is 0.470. The van der Waals surface area contributed by atoms with E-state index in [9.17, 15) is 5.11 Å². The van der Waals surface area contributed by atoms with Crippen molar-refractivity contribution in [2.75, 3.05) is 47.3 Å². The molecular formula is C10H23N3O. The van der Waals surface area contributed by atoms with Gasteiger partial charge in [-0.2, -0.15) is 0 Å². The van der Waals surface area contributed by atoms with Gasteiger partial charge >= 0.3 is 0 Å². The molecular weight excluding hydrogens is 178 g/mol. The van der Waals surface area contributed by atoms with Gasteiger partial charge < -0.3 is 20.2 Å². The van der Waals surface area contributed by atoms with Crippen molar-refractivity contribution in [1.82, 2.24) is 15.1 Å². The highest BCUT2D eigenvalue weighted by Gasteiger charge is 2.22. The summed E-state index contributed by atoms with van der Waals surface area (Å²) >= 11 is 0. The summed E-state index contributed by atoms with van der Waals surface area (Å²) in [5.41, 5.74) is 0. The molecule has 2 unspecified atom stereocenters. The molecule has 1 heterocycles. The molecule has 1 saturated heterocycles. The average Bonchev–Trinajstić information content (AvgIpc) is 2.48. The molecule has 0 bridgehead atoms. The van der Waals surface area contributed by atoms with Crippen molar-refractivity contribution in [2.24, 2.45) is 0 Å². The minimum Gasteiger partial charge on any atom is -0.392 e. The molecule has 1 fully saturated rings. The number of likely N-dealkylation sites (N-methyl/N-ethyl adjacent to an activating group) is 2. The van der Waals surface area contributed by atoms with E-state index in [1.54, 1.807) is 0 Å². The van der Waals surface area contributed by atoms with Crippen LogP contribution in [-0.4, -0.2) is 74.4 Å². The van der Waals surface area contributed by atoms with Gasteiger partial charge in [0.15, 0.2) is 0 Å². The highest BCUT2D eigenvalue weighted by Crippen LogP contribution is 2.06. The molecule has 0 aliphatic carbocycles. The predicted octanol–water partition coefficient (Wildman–Crippen LogP) is -0.797. The number of nitrogens with zero attached hydrogens (tertiary/aromatic N) is 2. The lowest BCUT2D eigenvalue weighted by atomic mass is 10.2. The Balaban J connectivity index is 2.10. The first-order valence-corrected chi connectivity index (χ1v) is 5.32. The molecule has 2 N–H and O–H groups in total. The van der Waals surface area contributed by atoms with Crippen LogP contribution < -0.4 is 5.32 Å². The maximum atomic E-state index is 9.34. The summed E-state index contributed by atoms with van der Waals surface area (Å²) < 4.78 is 0. The van der Waals surface area contributed by atoms with Gasteiger partial charge in [0.25, 0.3) is 0 Å². The summed E-state index contributed by atoms with van der Waals surface area (Å²) in [5.74, 6) is 0. The Morgan fingerprint density at radius 2 is 2.00 bits per heavy atom. The standard InChI is InChI=1S/C10H23N3O/c1-12(2)4-5-13(3)8-9-6-10(14)7-11-9/h9-11,14H,4-8H2,1-3H3. The van der Waals surface area contributed by atoms with E-state index >= 15 is 0 Å². The molecule has 2 atom stereocenters. The van der Waals surface area contributed by atoms with Crippen LogP contribution in [0.2, 0.25) is 0 Å². The highest BCUT2D eigenvalue weighted by atomic mass is 16.3. The van der Waals surface area contributed by atoms with E-state index in [0.717, 1.165) is 32.6 Å². The van der Waals surface area contributed by atoms with Gasteiger partial charge in [-0.15, -0.1) is 0 Å². The lowest BCUT2D eigenvalue weighted by Crippen LogP contribution is -2.38. The smallest absolute Gasteiger partial charge is 0.0680 e. The molecule has 14 heavy (non-hydrogen) atoms. The van der Waals surface area contributed by atoms with Crippen LogP contribution >= 0.6 is 0 Å². The van der Waals surface area contributed by atoms with E-state index in [2.05, 4.69) is 36.3 Å². The Bertz CT molecular complexity index is 163. The second kappa shape index (κ2) is 5.66. The van der Waals surface area contributed by atoms with E-state index in [1.807, 2.05) is 0 Å². The number of hydrogen-bond donors (Lipinski definition) is 2. The second-order valence-electron chi connectivity index (χ2n) is 4.56. The number of rotatable bonds is 5. The molecule has 1 aliphatic rings. The summed E-state index contributed by atoms with van der Waals surface area (Å²) in [7, 11) is 6.31. The number of hydrogen-bond acceptors (Lipinski definition) is 4. The molecule has 0 aromatic heterocycles. The highest BCUT2D eigenvalue weighted by molar-refractivity contribution is 4.82. The van der Waals surface area contributed by atoms with Crippen LogP contribution in [0.25, 0.3) is 0 Å². The molecule has 0 saturated carbocycles. The van der Waals surface area contributed by atoms with Crippen molar-refractivity contribution < 1.29 is 5.11 Å². The van der Waals surface area contributed by atoms with Crippen molar-refractivity contribution >= 4 is 0 Å². The fourth-order valence-electron chi connectivity index (χ4n) is 1.78. The third-order valence-corrected chi connectivity index (χ3v) is 2.66. The van der Waals surface area contributed by atoms with Gasteiger partial charge in [0, 0.05) is 32.2 Å². The molecule has 0 spiro atoms. The van der Waals surface area contributed by atoms with Gasteiger partial charge in [-0.1, -0.05) is 0 Å². The lowest BCUT2D eigenvalue weighted by molar-refractivity contribution is 0.188. The number of aliphatic hydroxyl groups excluding tert-OH is 1. The number of nitrogens with one attached hydrogen (secondary N) is 1. The molecule has 0 radical (unpaired) electrons. The number of β-amino-alcohol motifs (C(OH)–C–C–N with tert-alkyl or cyclic N) is 1. The molecule has 0 aromatic carbocycles. The largest absolute Gasteiger partial charge is 0.392 e. The first-order chi connectivity index (χ1) is 6.58. The van der Waals surface area contributed by atoms with Crippen molar-refractivity contribution in [3.8, 4) is 0 Å². The first-order valence-electron chi connectivity index (χ1n) is 5.32. The first kappa shape index (κ1) is 11.9. The van der Waals surface area contributed by atoms with Crippen molar-refractivity contribution in [2.45, 2.75) is 18.6 Å². The molecule has 0 aromatic rings. The molecule has 1 rings (SSSR count). The zero-order valence-electron chi connectivity index (χ0n) is 9.53. The molecule has 0 amide bonds. The zero-order valence-corrected chi connectivity index (χ0v) is 9.53. The van der Waals surface area contributed by atoms with Crippen LogP contribution in [0.4, 0.5) is 0 Å². The van der Waals surface area contributed by atoms with Crippen LogP contribution in [0.3, 0.4) is 0 Å². The Kier molecular flexibility index (Phi) is 4.81. The van der Waals surface area contributed by atoms with Gasteiger partial charge in [-0.3, -0.25) is 0 Å². The van der Waals surface area contributed by atoms with Crippen molar-refractivity contribution in [1.29, 1.82) is 0 Å². The third-order valence-electron chi connectivity index (χ3n) is 2.66. The summed E-state index contributed by atoms with van der Waals surface area (Å²) in [6.07, 6.45) is 0.758. The van der Waals surface area contributed by atoms with E-state index in [1.165, 1.54) is 0 Å². The number of aliphatic hydroxyl groups is 1. The Morgan fingerprint density at radius 1 is 1.29 bits per heavy atom. The Morgan fingerprint density at radius 3 is 2.50 bits per heavy atom. The van der Waals surface area contributed by atoms with Gasteiger partial charge in [0.2, 0.25) is 0 Å². The minimum atomic E-state index is -0.137. The third kappa shape index (κ3) is 4.37. The maximum absolute atomic E-state index is 9.34. The lowest BCUT2D eigenvalue weighted by Gasteiger charge is -2.22. The second-order valence-corrected chi connectivity index (χ2v) is 4.56.